The topological polar surface area (TPSA) is 80.0 Å². The van der Waals surface area contributed by atoms with E-state index in [1.165, 1.54) is 17.1 Å². The van der Waals surface area contributed by atoms with Crippen LogP contribution in [0, 0.1) is 0 Å². The van der Waals surface area contributed by atoms with Gasteiger partial charge in [0.1, 0.15) is 18.2 Å². The summed E-state index contributed by atoms with van der Waals surface area (Å²) >= 11 is 0. The number of aromatic nitrogens is 5. The lowest BCUT2D eigenvalue weighted by Gasteiger charge is -2.26. The Kier molecular flexibility index (Phi) is 6.33. The number of tetrazole rings is 1. The summed E-state index contributed by atoms with van der Waals surface area (Å²) in [5.41, 5.74) is 0.213. The first-order valence-corrected chi connectivity index (χ1v) is 10.3. The van der Waals surface area contributed by atoms with Crippen molar-refractivity contribution in [2.24, 2.45) is 0 Å². The summed E-state index contributed by atoms with van der Waals surface area (Å²) < 4.78 is 39.9. The lowest BCUT2D eigenvalue weighted by molar-refractivity contribution is -0.138. The highest BCUT2D eigenvalue weighted by Crippen LogP contribution is 2.29. The number of carbonyl (C=O) groups is 1. The van der Waals surface area contributed by atoms with Crippen molar-refractivity contribution >= 4 is 11.7 Å². The van der Waals surface area contributed by atoms with Gasteiger partial charge in [-0.3, -0.25) is 4.79 Å². The Morgan fingerprint density at radius 3 is 2.50 bits per heavy atom. The molecular weight excluding hydrogens is 423 g/mol. The van der Waals surface area contributed by atoms with Crippen LogP contribution in [0.25, 0.3) is 0 Å². The largest absolute Gasteiger partial charge is 0.417 e. The van der Waals surface area contributed by atoms with E-state index in [0.29, 0.717) is 44.8 Å². The Labute approximate surface area is 182 Å². The summed E-state index contributed by atoms with van der Waals surface area (Å²) in [5.74, 6) is 0.372. The van der Waals surface area contributed by atoms with Crippen molar-refractivity contribution in [1.82, 2.24) is 30.1 Å². The Morgan fingerprint density at radius 2 is 1.84 bits per heavy atom. The number of alkyl halides is 3. The first kappa shape index (κ1) is 21.7. The van der Waals surface area contributed by atoms with Crippen LogP contribution in [0.5, 0.6) is 0 Å². The van der Waals surface area contributed by atoms with E-state index in [1.54, 1.807) is 4.90 Å². The smallest absolute Gasteiger partial charge is 0.355 e. The van der Waals surface area contributed by atoms with E-state index >= 15 is 0 Å². The third-order valence-corrected chi connectivity index (χ3v) is 5.45. The predicted molar refractivity (Wildman–Crippen MR) is 110 cm³/mol. The molecule has 32 heavy (non-hydrogen) atoms. The third kappa shape index (κ3) is 5.04. The Bertz CT molecular complexity index is 1010. The zero-order valence-corrected chi connectivity index (χ0v) is 17.2. The summed E-state index contributed by atoms with van der Waals surface area (Å²) in [4.78, 5) is 21.0. The molecule has 1 aliphatic rings. The summed E-state index contributed by atoms with van der Waals surface area (Å²) in [6.07, 6.45) is -1.02. The fraction of sp³-hybridized carbons (Fsp3) is 0.381. The molecule has 11 heteroatoms. The molecule has 4 rings (SSSR count). The first-order chi connectivity index (χ1) is 15.4. The Hall–Kier alpha value is -3.50. The number of anilines is 1. The molecule has 0 unspecified atom stereocenters. The van der Waals surface area contributed by atoms with Gasteiger partial charge in [-0.05, 0) is 34.5 Å². The molecule has 1 aromatic carbocycles. The molecule has 1 atom stereocenters. The van der Waals surface area contributed by atoms with Gasteiger partial charge in [-0.25, -0.2) is 9.67 Å². The normalized spacial score (nSPS) is 16.0. The second-order valence-electron chi connectivity index (χ2n) is 7.56. The van der Waals surface area contributed by atoms with Crippen LogP contribution in [0.1, 0.15) is 23.6 Å². The Morgan fingerprint density at radius 1 is 1.03 bits per heavy atom. The molecule has 1 fully saturated rings. The summed E-state index contributed by atoms with van der Waals surface area (Å²) in [5, 5.41) is 11.3. The lowest BCUT2D eigenvalue weighted by atomic mass is 10.0. The molecule has 0 N–H and O–H groups in total. The molecule has 2 aromatic heterocycles. The van der Waals surface area contributed by atoms with Gasteiger partial charge in [0.25, 0.3) is 0 Å². The summed E-state index contributed by atoms with van der Waals surface area (Å²) in [6, 6.07) is 11.5. The zero-order valence-electron chi connectivity index (χ0n) is 17.2. The maximum absolute atomic E-state index is 13.4. The van der Waals surface area contributed by atoms with Crippen molar-refractivity contribution in [3.8, 4) is 0 Å². The third-order valence-electron chi connectivity index (χ3n) is 5.45. The van der Waals surface area contributed by atoms with Crippen molar-refractivity contribution < 1.29 is 18.0 Å². The van der Waals surface area contributed by atoms with E-state index < -0.39 is 17.8 Å². The molecular formula is C21H22F3N7O. The van der Waals surface area contributed by atoms with Gasteiger partial charge in [-0.15, -0.1) is 5.10 Å². The fourth-order valence-electron chi connectivity index (χ4n) is 3.76. The van der Waals surface area contributed by atoms with Crippen molar-refractivity contribution in [3.63, 3.8) is 0 Å². The molecule has 0 saturated carbocycles. The van der Waals surface area contributed by atoms with E-state index in [1.807, 2.05) is 35.2 Å². The van der Waals surface area contributed by atoms with E-state index in [-0.39, 0.29) is 5.91 Å². The molecule has 1 saturated heterocycles. The van der Waals surface area contributed by atoms with Crippen LogP contribution in [0.4, 0.5) is 19.0 Å². The number of benzene rings is 1. The molecule has 3 aromatic rings. The van der Waals surface area contributed by atoms with Crippen molar-refractivity contribution in [3.05, 3.63) is 66.1 Å². The van der Waals surface area contributed by atoms with Crippen molar-refractivity contribution in [2.45, 2.75) is 25.1 Å². The maximum atomic E-state index is 13.4. The van der Waals surface area contributed by atoms with Crippen LogP contribution in [0.2, 0.25) is 0 Å². The van der Waals surface area contributed by atoms with Crippen LogP contribution < -0.4 is 4.90 Å². The molecule has 0 aliphatic carbocycles. The molecule has 1 amide bonds. The minimum Gasteiger partial charge on any atom is -0.355 e. The van der Waals surface area contributed by atoms with E-state index in [9.17, 15) is 18.0 Å². The molecule has 1 aliphatic heterocycles. The van der Waals surface area contributed by atoms with Crippen molar-refractivity contribution in [2.75, 3.05) is 31.1 Å². The van der Waals surface area contributed by atoms with Crippen molar-refractivity contribution in [1.29, 1.82) is 0 Å². The molecule has 8 nitrogen and oxygen atoms in total. The highest BCUT2D eigenvalue weighted by molar-refractivity contribution is 5.80. The van der Waals surface area contributed by atoms with Gasteiger partial charge in [0.2, 0.25) is 5.91 Å². The summed E-state index contributed by atoms with van der Waals surface area (Å²) in [6.45, 7) is 2.02. The average molecular weight is 445 g/mol. The monoisotopic (exact) mass is 445 g/mol. The highest BCUT2D eigenvalue weighted by Gasteiger charge is 2.32. The number of nitrogens with zero attached hydrogens (tertiary/aromatic N) is 7. The SMILES string of the molecule is O=C([C@@H](Cc1ccccc1)n1cnnn1)N1CCCN(c2ccc(C(F)(F)F)cn2)CC1. The van der Waals surface area contributed by atoms with Gasteiger partial charge in [-0.1, -0.05) is 30.3 Å². The van der Waals surface area contributed by atoms with E-state index in [0.717, 1.165) is 17.8 Å². The van der Waals surface area contributed by atoms with Crippen LogP contribution in [0.15, 0.2) is 55.0 Å². The predicted octanol–water partition coefficient (Wildman–Crippen LogP) is 2.61. The molecule has 0 radical (unpaired) electrons. The minimum atomic E-state index is -4.42. The molecule has 168 valence electrons. The van der Waals surface area contributed by atoms with Crippen LogP contribution in [-0.4, -0.2) is 62.2 Å². The van der Waals surface area contributed by atoms with Gasteiger partial charge in [0, 0.05) is 38.8 Å². The van der Waals surface area contributed by atoms with Crippen LogP contribution in [-0.2, 0) is 17.4 Å². The Balaban J connectivity index is 1.46. The maximum Gasteiger partial charge on any atom is 0.417 e. The number of hydrogen-bond donors (Lipinski definition) is 0. The molecule has 0 bridgehead atoms. The van der Waals surface area contributed by atoms with Gasteiger partial charge in [0.15, 0.2) is 0 Å². The average Bonchev–Trinajstić information content (AvgIpc) is 3.21. The number of amides is 1. The standard InChI is InChI=1S/C21H22F3N7O/c22-21(23,24)17-7-8-19(25-14-17)29-9-4-10-30(12-11-29)20(32)18(31-15-26-27-28-31)13-16-5-2-1-3-6-16/h1-3,5-8,14-15,18H,4,9-13H2/t18-/m1/s1. The number of hydrogen-bond acceptors (Lipinski definition) is 6. The second kappa shape index (κ2) is 9.33. The summed E-state index contributed by atoms with van der Waals surface area (Å²) in [7, 11) is 0. The molecule has 3 heterocycles. The number of rotatable bonds is 5. The van der Waals surface area contributed by atoms with E-state index in [4.69, 9.17) is 0 Å². The quantitative estimate of drug-likeness (QED) is 0.601. The second-order valence-corrected chi connectivity index (χ2v) is 7.56. The van der Waals surface area contributed by atoms with Gasteiger partial charge in [-0.2, -0.15) is 13.2 Å². The van der Waals surface area contributed by atoms with Crippen LogP contribution in [0.3, 0.4) is 0 Å². The first-order valence-electron chi connectivity index (χ1n) is 10.3. The molecule has 0 spiro atoms. The minimum absolute atomic E-state index is 0.0941. The number of pyridine rings is 1. The fourth-order valence-corrected chi connectivity index (χ4v) is 3.76. The van der Waals surface area contributed by atoms with Gasteiger partial charge < -0.3 is 9.80 Å². The van der Waals surface area contributed by atoms with Crippen LogP contribution >= 0.6 is 0 Å². The lowest BCUT2D eigenvalue weighted by Crippen LogP contribution is -2.41. The zero-order chi connectivity index (χ0) is 22.6. The van der Waals surface area contributed by atoms with Gasteiger partial charge >= 0.3 is 6.18 Å². The number of halogens is 3. The highest BCUT2D eigenvalue weighted by atomic mass is 19.4. The number of carbonyl (C=O) groups excluding carboxylic acids is 1. The van der Waals surface area contributed by atoms with E-state index in [2.05, 4.69) is 20.5 Å². The van der Waals surface area contributed by atoms with Gasteiger partial charge in [0.05, 0.1) is 5.56 Å².